The lowest BCUT2D eigenvalue weighted by Gasteiger charge is -2.20. The number of carbonyl (C=O) groups excluding carboxylic acids is 1. The molecule has 0 aliphatic carbocycles. The third kappa shape index (κ3) is 6.47. The number of amides is 1. The fraction of sp³-hybridized carbons (Fsp3) is 0.208. The minimum absolute atomic E-state index is 0.0751. The molecule has 3 rings (SSSR count). The van der Waals surface area contributed by atoms with E-state index in [1.165, 1.54) is 25.3 Å². The standard InChI is InChI=1S/C24H25ClN2O5S/c1-3-32-23-12-8-7-11-20(23)26-24(28)21(15-17-9-5-4-6-10-17)27-33(29,30)18-13-14-22(31-2)19(25)16-18/h4-14,16,21,27H,3,15H2,1-2H3,(H,26,28)/t21-/m0/s1. The largest absolute Gasteiger partial charge is 0.495 e. The molecular formula is C24H25ClN2O5S. The molecule has 174 valence electrons. The van der Waals surface area contributed by atoms with Crippen molar-refractivity contribution >= 4 is 33.2 Å². The van der Waals surface area contributed by atoms with Crippen molar-refractivity contribution in [2.75, 3.05) is 19.0 Å². The van der Waals surface area contributed by atoms with Crippen LogP contribution in [0, 0.1) is 0 Å². The lowest BCUT2D eigenvalue weighted by atomic mass is 10.1. The van der Waals surface area contributed by atoms with Crippen LogP contribution in [0.4, 0.5) is 5.69 Å². The van der Waals surface area contributed by atoms with Gasteiger partial charge in [-0.05, 0) is 49.2 Å². The van der Waals surface area contributed by atoms with Gasteiger partial charge < -0.3 is 14.8 Å². The van der Waals surface area contributed by atoms with E-state index >= 15 is 0 Å². The van der Waals surface area contributed by atoms with E-state index in [9.17, 15) is 13.2 Å². The Kier molecular flexibility index (Phi) is 8.32. The van der Waals surface area contributed by atoms with Crippen LogP contribution in [0.1, 0.15) is 12.5 Å². The first-order valence-electron chi connectivity index (χ1n) is 10.3. The molecule has 0 saturated heterocycles. The molecule has 33 heavy (non-hydrogen) atoms. The van der Waals surface area contributed by atoms with E-state index in [0.717, 1.165) is 5.56 Å². The van der Waals surface area contributed by atoms with Gasteiger partial charge in [0.1, 0.15) is 17.5 Å². The Labute approximate surface area is 198 Å². The molecule has 3 aromatic carbocycles. The average Bonchev–Trinajstić information content (AvgIpc) is 2.80. The fourth-order valence-electron chi connectivity index (χ4n) is 3.18. The number of halogens is 1. The maximum absolute atomic E-state index is 13.2. The molecular weight excluding hydrogens is 464 g/mol. The Balaban J connectivity index is 1.89. The SMILES string of the molecule is CCOc1ccccc1NC(=O)[C@H](Cc1ccccc1)NS(=O)(=O)c1ccc(OC)c(Cl)c1. The first-order chi connectivity index (χ1) is 15.8. The zero-order chi connectivity index (χ0) is 23.8. The van der Waals surface area contributed by atoms with Crippen molar-refractivity contribution in [1.29, 1.82) is 0 Å². The summed E-state index contributed by atoms with van der Waals surface area (Å²) in [6, 6.07) is 19.1. The first kappa shape index (κ1) is 24.6. The minimum atomic E-state index is -4.07. The number of methoxy groups -OCH3 is 1. The zero-order valence-electron chi connectivity index (χ0n) is 18.2. The second-order valence-corrected chi connectivity index (χ2v) is 9.20. The molecule has 0 spiro atoms. The Morgan fingerprint density at radius 1 is 1.00 bits per heavy atom. The summed E-state index contributed by atoms with van der Waals surface area (Å²) in [4.78, 5) is 13.1. The molecule has 7 nitrogen and oxygen atoms in total. The molecule has 1 amide bonds. The van der Waals surface area contributed by atoms with Gasteiger partial charge in [0.15, 0.2) is 0 Å². The van der Waals surface area contributed by atoms with E-state index in [0.29, 0.717) is 23.8 Å². The molecule has 0 unspecified atom stereocenters. The monoisotopic (exact) mass is 488 g/mol. The Morgan fingerprint density at radius 3 is 2.36 bits per heavy atom. The molecule has 0 saturated carbocycles. The zero-order valence-corrected chi connectivity index (χ0v) is 19.8. The summed E-state index contributed by atoms with van der Waals surface area (Å²) in [5.74, 6) is 0.326. The molecule has 0 bridgehead atoms. The van der Waals surface area contributed by atoms with Crippen LogP contribution < -0.4 is 19.5 Å². The summed E-state index contributed by atoms with van der Waals surface area (Å²) in [7, 11) is -2.63. The lowest BCUT2D eigenvalue weighted by Crippen LogP contribution is -2.45. The van der Waals surface area contributed by atoms with Crippen LogP contribution in [0.15, 0.2) is 77.7 Å². The van der Waals surface area contributed by atoms with E-state index in [-0.39, 0.29) is 16.3 Å². The molecule has 0 heterocycles. The number of benzene rings is 3. The third-order valence-corrected chi connectivity index (χ3v) is 6.54. The Morgan fingerprint density at radius 2 is 1.70 bits per heavy atom. The first-order valence-corrected chi connectivity index (χ1v) is 12.1. The van der Waals surface area contributed by atoms with Crippen LogP contribution in [0.5, 0.6) is 11.5 Å². The molecule has 0 aliphatic rings. The summed E-state index contributed by atoms with van der Waals surface area (Å²) in [5, 5.41) is 2.93. The van der Waals surface area contributed by atoms with Gasteiger partial charge in [0.2, 0.25) is 15.9 Å². The van der Waals surface area contributed by atoms with Crippen molar-refractivity contribution in [1.82, 2.24) is 4.72 Å². The highest BCUT2D eigenvalue weighted by Crippen LogP contribution is 2.27. The predicted octanol–water partition coefficient (Wildman–Crippen LogP) is 4.28. The van der Waals surface area contributed by atoms with Gasteiger partial charge in [-0.1, -0.05) is 54.1 Å². The topological polar surface area (TPSA) is 93.7 Å². The van der Waals surface area contributed by atoms with Crippen molar-refractivity contribution < 1.29 is 22.7 Å². The van der Waals surface area contributed by atoms with Gasteiger partial charge in [-0.15, -0.1) is 0 Å². The number of rotatable bonds is 10. The number of ether oxygens (including phenoxy) is 2. The van der Waals surface area contributed by atoms with E-state index in [1.807, 2.05) is 37.3 Å². The van der Waals surface area contributed by atoms with Crippen molar-refractivity contribution in [2.24, 2.45) is 0 Å². The maximum atomic E-state index is 13.2. The van der Waals surface area contributed by atoms with Crippen LogP contribution in [-0.2, 0) is 21.2 Å². The van der Waals surface area contributed by atoms with E-state index in [4.69, 9.17) is 21.1 Å². The third-order valence-electron chi connectivity index (χ3n) is 4.77. The van der Waals surface area contributed by atoms with Gasteiger partial charge >= 0.3 is 0 Å². The van der Waals surface area contributed by atoms with Crippen molar-refractivity contribution in [2.45, 2.75) is 24.3 Å². The number of hydrogen-bond donors (Lipinski definition) is 2. The molecule has 0 aliphatic heterocycles. The maximum Gasteiger partial charge on any atom is 0.243 e. The number of anilines is 1. The van der Waals surface area contributed by atoms with Crippen LogP contribution in [0.2, 0.25) is 5.02 Å². The van der Waals surface area contributed by atoms with Gasteiger partial charge in [0.25, 0.3) is 0 Å². The van der Waals surface area contributed by atoms with Crippen molar-refractivity contribution in [3.8, 4) is 11.5 Å². The van der Waals surface area contributed by atoms with Gasteiger partial charge in [0, 0.05) is 0 Å². The second-order valence-electron chi connectivity index (χ2n) is 7.08. The second kappa shape index (κ2) is 11.2. The van der Waals surface area contributed by atoms with E-state index in [1.54, 1.807) is 24.3 Å². The minimum Gasteiger partial charge on any atom is -0.495 e. The highest BCUT2D eigenvalue weighted by molar-refractivity contribution is 7.89. The summed E-state index contributed by atoms with van der Waals surface area (Å²) < 4.78 is 39.4. The quantitative estimate of drug-likeness (QED) is 0.444. The van der Waals surface area contributed by atoms with Crippen LogP contribution >= 0.6 is 11.6 Å². The van der Waals surface area contributed by atoms with Crippen LogP contribution in [0.3, 0.4) is 0 Å². The number of hydrogen-bond acceptors (Lipinski definition) is 5. The van der Waals surface area contributed by atoms with Gasteiger partial charge in [-0.25, -0.2) is 8.42 Å². The normalized spacial score (nSPS) is 12.1. The molecule has 9 heteroatoms. The summed E-state index contributed by atoms with van der Waals surface area (Å²) >= 11 is 6.11. The van der Waals surface area contributed by atoms with Crippen LogP contribution in [0.25, 0.3) is 0 Å². The predicted molar refractivity (Wildman–Crippen MR) is 129 cm³/mol. The summed E-state index contributed by atoms with van der Waals surface area (Å²) in [5.41, 5.74) is 1.25. The Hall–Kier alpha value is -3.07. The van der Waals surface area contributed by atoms with E-state index < -0.39 is 22.0 Å². The Bertz CT molecular complexity index is 1200. The number of carbonyl (C=O) groups is 1. The van der Waals surface area contributed by atoms with Gasteiger partial charge in [-0.2, -0.15) is 4.72 Å². The highest BCUT2D eigenvalue weighted by Gasteiger charge is 2.27. The molecule has 0 radical (unpaired) electrons. The number of nitrogens with one attached hydrogen (secondary N) is 2. The highest BCUT2D eigenvalue weighted by atomic mass is 35.5. The summed E-state index contributed by atoms with van der Waals surface area (Å²) in [6.07, 6.45) is 0.145. The smallest absolute Gasteiger partial charge is 0.243 e. The van der Waals surface area contributed by atoms with Crippen molar-refractivity contribution in [3.05, 3.63) is 83.4 Å². The van der Waals surface area contributed by atoms with Gasteiger partial charge in [-0.3, -0.25) is 4.79 Å². The molecule has 0 aromatic heterocycles. The van der Waals surface area contributed by atoms with Crippen molar-refractivity contribution in [3.63, 3.8) is 0 Å². The number of sulfonamides is 1. The van der Waals surface area contributed by atoms with E-state index in [2.05, 4.69) is 10.0 Å². The van der Waals surface area contributed by atoms with Gasteiger partial charge in [0.05, 0.1) is 29.3 Å². The lowest BCUT2D eigenvalue weighted by molar-refractivity contribution is -0.117. The molecule has 0 fully saturated rings. The summed E-state index contributed by atoms with van der Waals surface area (Å²) in [6.45, 7) is 2.26. The molecule has 3 aromatic rings. The molecule has 2 N–H and O–H groups in total. The molecule has 1 atom stereocenters. The number of para-hydroxylation sites is 2. The van der Waals surface area contributed by atoms with Crippen LogP contribution in [-0.4, -0.2) is 34.1 Å². The fourth-order valence-corrected chi connectivity index (χ4v) is 4.72. The average molecular weight is 489 g/mol.